The van der Waals surface area contributed by atoms with E-state index in [1.165, 1.54) is 13.8 Å². The second-order valence-corrected chi connectivity index (χ2v) is 6.38. The molecule has 4 nitrogen and oxygen atoms in total. The lowest BCUT2D eigenvalue weighted by atomic mass is 9.74. The van der Waals surface area contributed by atoms with Crippen LogP contribution in [0.1, 0.15) is 40.5 Å². The lowest BCUT2D eigenvalue weighted by Gasteiger charge is -2.41. The number of hydrogen-bond acceptors (Lipinski definition) is 4. The molecule has 0 aliphatic carbocycles. The molecule has 0 aromatic carbocycles. The summed E-state index contributed by atoms with van der Waals surface area (Å²) in [4.78, 5) is 25.2. The maximum absolute atomic E-state index is 12.6. The van der Waals surface area contributed by atoms with Crippen molar-refractivity contribution < 1.29 is 19.1 Å². The van der Waals surface area contributed by atoms with Crippen LogP contribution in [0.25, 0.3) is 0 Å². The zero-order valence-corrected chi connectivity index (χ0v) is 13.9. The Morgan fingerprint density at radius 3 is 1.45 bits per heavy atom. The molecule has 0 aromatic rings. The zero-order valence-electron chi connectivity index (χ0n) is 13.9. The van der Waals surface area contributed by atoms with Crippen molar-refractivity contribution in [2.45, 2.75) is 46.3 Å². The van der Waals surface area contributed by atoms with Crippen LogP contribution in [0.5, 0.6) is 0 Å². The fraction of sp³-hybridized carbons (Fsp3) is 0.444. The Kier molecular flexibility index (Phi) is 4.86. The monoisotopic (exact) mass is 304 g/mol. The second kappa shape index (κ2) is 5.95. The minimum atomic E-state index is -1.48. The summed E-state index contributed by atoms with van der Waals surface area (Å²) < 4.78 is 10.6. The molecule has 0 N–H and O–H groups in total. The van der Waals surface area contributed by atoms with Crippen molar-refractivity contribution in [3.05, 3.63) is 48.6 Å². The minimum Gasteiger partial charge on any atom is -0.422 e. The van der Waals surface area contributed by atoms with Gasteiger partial charge in [-0.15, -0.1) is 0 Å². The predicted octanol–water partition coefficient (Wildman–Crippen LogP) is 3.85. The Balaban J connectivity index is 3.27. The standard InChI is InChI=1S/C18H24O4/c1-11(2)13(5)9-18(10-14(6)12(3)4)15(19)21-17(7,8)22-16(18)20/h1,3,5-6,9-10H2,2,4,7-8H3. The van der Waals surface area contributed by atoms with E-state index in [9.17, 15) is 9.59 Å². The third kappa shape index (κ3) is 3.56. The van der Waals surface area contributed by atoms with Crippen LogP contribution < -0.4 is 0 Å². The van der Waals surface area contributed by atoms with Crippen LogP contribution in [-0.4, -0.2) is 17.7 Å². The van der Waals surface area contributed by atoms with Gasteiger partial charge in [-0.2, -0.15) is 0 Å². The van der Waals surface area contributed by atoms with E-state index in [1.807, 2.05) is 0 Å². The van der Waals surface area contributed by atoms with Gasteiger partial charge in [0.2, 0.25) is 0 Å². The van der Waals surface area contributed by atoms with Gasteiger partial charge in [0.05, 0.1) is 0 Å². The fourth-order valence-electron chi connectivity index (χ4n) is 2.13. The molecular weight excluding hydrogens is 280 g/mol. The fourth-order valence-corrected chi connectivity index (χ4v) is 2.13. The number of esters is 2. The second-order valence-electron chi connectivity index (χ2n) is 6.38. The molecule has 22 heavy (non-hydrogen) atoms. The van der Waals surface area contributed by atoms with Crippen molar-refractivity contribution in [3.63, 3.8) is 0 Å². The van der Waals surface area contributed by atoms with Crippen LogP contribution in [0.15, 0.2) is 48.6 Å². The third-order valence-electron chi connectivity index (χ3n) is 3.70. The largest absolute Gasteiger partial charge is 0.422 e. The summed E-state index contributed by atoms with van der Waals surface area (Å²) in [6.45, 7) is 22.0. The first-order chi connectivity index (χ1) is 9.91. The quantitative estimate of drug-likeness (QED) is 0.425. The van der Waals surface area contributed by atoms with E-state index in [4.69, 9.17) is 9.47 Å². The van der Waals surface area contributed by atoms with E-state index in [0.717, 1.165) is 0 Å². The van der Waals surface area contributed by atoms with Crippen LogP contribution in [0.3, 0.4) is 0 Å². The highest BCUT2D eigenvalue weighted by atomic mass is 16.7. The van der Waals surface area contributed by atoms with Crippen molar-refractivity contribution in [2.24, 2.45) is 5.41 Å². The number of rotatable bonds is 6. The summed E-state index contributed by atoms with van der Waals surface area (Å²) in [5.74, 6) is -2.52. The topological polar surface area (TPSA) is 52.6 Å². The van der Waals surface area contributed by atoms with Gasteiger partial charge in [-0.1, -0.05) is 48.6 Å². The molecule has 0 radical (unpaired) electrons. The van der Waals surface area contributed by atoms with Crippen molar-refractivity contribution in [3.8, 4) is 0 Å². The zero-order chi connectivity index (χ0) is 17.3. The SMILES string of the molecule is C=C(C)C(=C)CC1(CC(=C)C(=C)C)C(=O)OC(C)(C)OC1=O. The summed E-state index contributed by atoms with van der Waals surface area (Å²) in [5.41, 5.74) is 1.12. The first-order valence-corrected chi connectivity index (χ1v) is 7.05. The molecule has 1 aliphatic heterocycles. The summed E-state index contributed by atoms with van der Waals surface area (Å²) in [5, 5.41) is 0. The molecule has 1 fully saturated rings. The van der Waals surface area contributed by atoms with Crippen molar-refractivity contribution >= 4 is 11.9 Å². The van der Waals surface area contributed by atoms with E-state index in [2.05, 4.69) is 26.3 Å². The van der Waals surface area contributed by atoms with Gasteiger partial charge in [0.25, 0.3) is 5.79 Å². The van der Waals surface area contributed by atoms with E-state index in [1.54, 1.807) is 13.8 Å². The molecule has 0 aromatic heterocycles. The van der Waals surface area contributed by atoms with Crippen LogP contribution in [0, 0.1) is 5.41 Å². The van der Waals surface area contributed by atoms with Gasteiger partial charge < -0.3 is 9.47 Å². The third-order valence-corrected chi connectivity index (χ3v) is 3.70. The Morgan fingerprint density at radius 1 is 0.864 bits per heavy atom. The first kappa shape index (κ1) is 18.0. The van der Waals surface area contributed by atoms with Gasteiger partial charge in [0.15, 0.2) is 5.41 Å². The van der Waals surface area contributed by atoms with E-state index in [0.29, 0.717) is 22.3 Å². The van der Waals surface area contributed by atoms with Crippen LogP contribution in [0.2, 0.25) is 0 Å². The molecule has 4 heteroatoms. The average Bonchev–Trinajstić information content (AvgIpc) is 2.34. The number of cyclic esters (lactones) is 2. The molecular formula is C18H24O4. The predicted molar refractivity (Wildman–Crippen MR) is 85.8 cm³/mol. The average molecular weight is 304 g/mol. The van der Waals surface area contributed by atoms with Crippen molar-refractivity contribution in [1.82, 2.24) is 0 Å². The summed E-state index contributed by atoms with van der Waals surface area (Å²) in [7, 11) is 0. The first-order valence-electron chi connectivity index (χ1n) is 7.05. The van der Waals surface area contributed by atoms with Gasteiger partial charge in [0, 0.05) is 13.8 Å². The van der Waals surface area contributed by atoms with Crippen molar-refractivity contribution in [2.75, 3.05) is 0 Å². The summed E-state index contributed by atoms with van der Waals surface area (Å²) in [6, 6.07) is 0. The van der Waals surface area contributed by atoms with Crippen molar-refractivity contribution in [1.29, 1.82) is 0 Å². The van der Waals surface area contributed by atoms with E-state index < -0.39 is 23.1 Å². The van der Waals surface area contributed by atoms with E-state index >= 15 is 0 Å². The minimum absolute atomic E-state index is 0.0857. The molecule has 1 aliphatic rings. The normalized spacial score (nSPS) is 18.9. The highest BCUT2D eigenvalue weighted by molar-refractivity contribution is 6.02. The number of allylic oxidation sites excluding steroid dienone is 4. The number of carbonyl (C=O) groups excluding carboxylic acids is 2. The van der Waals surface area contributed by atoms with Gasteiger partial charge in [0.1, 0.15) is 0 Å². The maximum Gasteiger partial charge on any atom is 0.327 e. The Bertz CT molecular complexity index is 528. The molecule has 1 heterocycles. The summed E-state index contributed by atoms with van der Waals surface area (Å²) in [6.07, 6.45) is 0.171. The lowest BCUT2D eigenvalue weighted by Crippen LogP contribution is -2.54. The molecule has 1 saturated heterocycles. The molecule has 0 amide bonds. The lowest BCUT2D eigenvalue weighted by molar-refractivity contribution is -0.250. The van der Waals surface area contributed by atoms with E-state index in [-0.39, 0.29) is 12.8 Å². The van der Waals surface area contributed by atoms with Crippen LogP contribution >= 0.6 is 0 Å². The molecule has 1 rings (SSSR count). The molecule has 120 valence electrons. The van der Waals surface area contributed by atoms with Crippen LogP contribution in [0.4, 0.5) is 0 Å². The Morgan fingerprint density at radius 2 is 1.18 bits per heavy atom. The molecule has 0 atom stereocenters. The molecule has 0 bridgehead atoms. The van der Waals surface area contributed by atoms with Gasteiger partial charge in [-0.25, -0.2) is 0 Å². The van der Waals surface area contributed by atoms with Gasteiger partial charge in [-0.3, -0.25) is 9.59 Å². The summed E-state index contributed by atoms with van der Waals surface area (Å²) >= 11 is 0. The Hall–Kier alpha value is -2.10. The highest BCUT2D eigenvalue weighted by Gasteiger charge is 2.56. The highest BCUT2D eigenvalue weighted by Crippen LogP contribution is 2.43. The number of hydrogen-bond donors (Lipinski definition) is 0. The van der Waals surface area contributed by atoms with Gasteiger partial charge >= 0.3 is 11.9 Å². The number of ether oxygens (including phenoxy) is 2. The Labute approximate surface area is 132 Å². The maximum atomic E-state index is 12.6. The van der Waals surface area contributed by atoms with Crippen LogP contribution in [-0.2, 0) is 19.1 Å². The smallest absolute Gasteiger partial charge is 0.327 e. The molecule has 0 spiro atoms. The van der Waals surface area contributed by atoms with Gasteiger partial charge in [-0.05, 0) is 26.7 Å². The number of carbonyl (C=O) groups is 2. The molecule has 0 saturated carbocycles. The molecule has 0 unspecified atom stereocenters.